The van der Waals surface area contributed by atoms with E-state index in [-0.39, 0.29) is 5.91 Å². The summed E-state index contributed by atoms with van der Waals surface area (Å²) in [7, 11) is 5.41. The molecule has 2 aromatic heterocycles. The number of rotatable bonds is 3. The Bertz CT molecular complexity index is 527. The Labute approximate surface area is 99.4 Å². The molecule has 17 heavy (non-hydrogen) atoms. The van der Waals surface area contributed by atoms with E-state index in [1.54, 1.807) is 46.9 Å². The average molecular weight is 233 g/mol. The van der Waals surface area contributed by atoms with Crippen LogP contribution in [0.25, 0.3) is 0 Å². The van der Waals surface area contributed by atoms with Crippen LogP contribution in [-0.4, -0.2) is 37.4 Å². The second kappa shape index (κ2) is 4.40. The number of carbonyl (C=O) groups excluding carboxylic acids is 1. The van der Waals surface area contributed by atoms with Gasteiger partial charge in [-0.2, -0.15) is 10.2 Å². The van der Waals surface area contributed by atoms with Gasteiger partial charge in [0.25, 0.3) is 5.91 Å². The van der Waals surface area contributed by atoms with E-state index in [2.05, 4.69) is 10.2 Å². The molecule has 0 radical (unpaired) electrons. The fraction of sp³-hybridized carbons (Fsp3) is 0.364. The predicted molar refractivity (Wildman–Crippen MR) is 62.2 cm³/mol. The van der Waals surface area contributed by atoms with Gasteiger partial charge in [-0.25, -0.2) is 0 Å². The Morgan fingerprint density at radius 2 is 2.18 bits per heavy atom. The molecule has 0 saturated heterocycles. The minimum Gasteiger partial charge on any atom is -0.336 e. The van der Waals surface area contributed by atoms with Crippen molar-refractivity contribution in [3.8, 4) is 0 Å². The zero-order valence-corrected chi connectivity index (χ0v) is 10.2. The summed E-state index contributed by atoms with van der Waals surface area (Å²) in [6, 6.07) is 1.90. The van der Waals surface area contributed by atoms with Crippen molar-refractivity contribution in [3.05, 3.63) is 35.9 Å². The smallest absolute Gasteiger partial charge is 0.257 e. The highest BCUT2D eigenvalue weighted by Gasteiger charge is 2.14. The van der Waals surface area contributed by atoms with Crippen LogP contribution in [0.15, 0.2) is 24.7 Å². The van der Waals surface area contributed by atoms with E-state index < -0.39 is 0 Å². The van der Waals surface area contributed by atoms with Crippen molar-refractivity contribution in [2.45, 2.75) is 6.54 Å². The molecule has 2 aromatic rings. The van der Waals surface area contributed by atoms with Crippen LogP contribution in [-0.2, 0) is 20.6 Å². The summed E-state index contributed by atoms with van der Waals surface area (Å²) >= 11 is 0. The molecule has 2 rings (SSSR count). The highest BCUT2D eigenvalue weighted by molar-refractivity contribution is 5.93. The van der Waals surface area contributed by atoms with Crippen LogP contribution < -0.4 is 0 Å². The number of hydrogen-bond acceptors (Lipinski definition) is 3. The molecular weight excluding hydrogens is 218 g/mol. The number of hydrogen-bond donors (Lipinski definition) is 0. The zero-order chi connectivity index (χ0) is 12.4. The maximum absolute atomic E-state index is 12.0. The summed E-state index contributed by atoms with van der Waals surface area (Å²) < 4.78 is 3.37. The topological polar surface area (TPSA) is 56.0 Å². The Balaban J connectivity index is 2.08. The summed E-state index contributed by atoms with van der Waals surface area (Å²) in [5.41, 5.74) is 1.59. The first-order valence-electron chi connectivity index (χ1n) is 5.29. The third-order valence-corrected chi connectivity index (χ3v) is 2.62. The summed E-state index contributed by atoms with van der Waals surface area (Å²) in [4.78, 5) is 13.7. The van der Waals surface area contributed by atoms with Crippen molar-refractivity contribution in [2.75, 3.05) is 7.05 Å². The van der Waals surface area contributed by atoms with Crippen molar-refractivity contribution < 1.29 is 4.79 Å². The first kappa shape index (κ1) is 11.4. The number of carbonyl (C=O) groups is 1. The van der Waals surface area contributed by atoms with E-state index in [4.69, 9.17) is 0 Å². The van der Waals surface area contributed by atoms with Gasteiger partial charge >= 0.3 is 0 Å². The first-order valence-corrected chi connectivity index (χ1v) is 5.29. The van der Waals surface area contributed by atoms with Crippen LogP contribution in [0.4, 0.5) is 0 Å². The zero-order valence-electron chi connectivity index (χ0n) is 10.2. The minimum atomic E-state index is -0.0423. The molecule has 0 unspecified atom stereocenters. The molecule has 0 bridgehead atoms. The Morgan fingerprint density at radius 3 is 2.71 bits per heavy atom. The fourth-order valence-electron chi connectivity index (χ4n) is 1.62. The summed E-state index contributed by atoms with van der Waals surface area (Å²) in [5, 5.41) is 8.05. The van der Waals surface area contributed by atoms with Gasteiger partial charge in [0.15, 0.2) is 0 Å². The molecule has 0 fully saturated rings. The highest BCUT2D eigenvalue weighted by Crippen LogP contribution is 2.06. The van der Waals surface area contributed by atoms with E-state index in [9.17, 15) is 4.79 Å². The van der Waals surface area contributed by atoms with Gasteiger partial charge in [-0.15, -0.1) is 0 Å². The van der Waals surface area contributed by atoms with Crippen LogP contribution in [0, 0.1) is 0 Å². The highest BCUT2D eigenvalue weighted by atomic mass is 16.2. The minimum absolute atomic E-state index is 0.0423. The maximum Gasteiger partial charge on any atom is 0.257 e. The molecule has 90 valence electrons. The molecule has 0 aliphatic carbocycles. The standard InChI is InChI=1S/C11H15N5O/c1-14(8-10-4-5-12-16(10)3)11(17)9-6-13-15(2)7-9/h4-7H,8H2,1-3H3. The third-order valence-electron chi connectivity index (χ3n) is 2.62. The van der Waals surface area contributed by atoms with E-state index in [1.807, 2.05) is 13.1 Å². The van der Waals surface area contributed by atoms with Crippen molar-refractivity contribution in [1.82, 2.24) is 24.5 Å². The van der Waals surface area contributed by atoms with Gasteiger partial charge in [-0.1, -0.05) is 0 Å². The van der Waals surface area contributed by atoms with Crippen molar-refractivity contribution in [1.29, 1.82) is 0 Å². The van der Waals surface area contributed by atoms with Gasteiger partial charge in [-0.3, -0.25) is 14.2 Å². The number of nitrogens with zero attached hydrogens (tertiary/aromatic N) is 5. The van der Waals surface area contributed by atoms with Gasteiger partial charge in [0.05, 0.1) is 24.0 Å². The SMILES string of the molecule is CN(Cc1ccnn1C)C(=O)c1cnn(C)c1. The Morgan fingerprint density at radius 1 is 1.41 bits per heavy atom. The van der Waals surface area contributed by atoms with Gasteiger partial charge in [0.2, 0.25) is 0 Å². The van der Waals surface area contributed by atoms with Crippen LogP contribution in [0.1, 0.15) is 16.1 Å². The van der Waals surface area contributed by atoms with Crippen molar-refractivity contribution in [2.24, 2.45) is 14.1 Å². The summed E-state index contributed by atoms with van der Waals surface area (Å²) in [5.74, 6) is -0.0423. The lowest BCUT2D eigenvalue weighted by molar-refractivity contribution is 0.0782. The summed E-state index contributed by atoms with van der Waals surface area (Å²) in [6.07, 6.45) is 5.00. The van der Waals surface area contributed by atoms with E-state index in [1.165, 1.54) is 0 Å². The van der Waals surface area contributed by atoms with Crippen LogP contribution in [0.3, 0.4) is 0 Å². The van der Waals surface area contributed by atoms with E-state index in [0.29, 0.717) is 12.1 Å². The third kappa shape index (κ3) is 2.35. The average Bonchev–Trinajstić information content (AvgIpc) is 2.88. The lowest BCUT2D eigenvalue weighted by Gasteiger charge is -2.16. The second-order valence-corrected chi connectivity index (χ2v) is 4.01. The molecule has 0 spiro atoms. The number of aryl methyl sites for hydroxylation is 2. The molecular formula is C11H15N5O. The monoisotopic (exact) mass is 233 g/mol. The van der Waals surface area contributed by atoms with Gasteiger partial charge in [-0.05, 0) is 6.07 Å². The maximum atomic E-state index is 12.0. The number of amides is 1. The van der Waals surface area contributed by atoms with Crippen LogP contribution >= 0.6 is 0 Å². The van der Waals surface area contributed by atoms with Gasteiger partial charge in [0.1, 0.15) is 0 Å². The summed E-state index contributed by atoms with van der Waals surface area (Å²) in [6.45, 7) is 0.532. The molecule has 0 aliphatic heterocycles. The molecule has 0 atom stereocenters. The fourth-order valence-corrected chi connectivity index (χ4v) is 1.62. The molecule has 0 N–H and O–H groups in total. The molecule has 0 saturated carbocycles. The quantitative estimate of drug-likeness (QED) is 0.772. The van der Waals surface area contributed by atoms with Crippen molar-refractivity contribution >= 4 is 5.91 Å². The van der Waals surface area contributed by atoms with E-state index in [0.717, 1.165) is 5.69 Å². The first-order chi connectivity index (χ1) is 8.08. The predicted octanol–water partition coefficient (Wildman–Crippen LogP) is 0.426. The van der Waals surface area contributed by atoms with Gasteiger partial charge in [0, 0.05) is 33.5 Å². The lowest BCUT2D eigenvalue weighted by Crippen LogP contribution is -2.26. The largest absolute Gasteiger partial charge is 0.336 e. The van der Waals surface area contributed by atoms with Crippen LogP contribution in [0.2, 0.25) is 0 Å². The van der Waals surface area contributed by atoms with Crippen molar-refractivity contribution in [3.63, 3.8) is 0 Å². The molecule has 1 amide bonds. The molecule has 6 nitrogen and oxygen atoms in total. The second-order valence-electron chi connectivity index (χ2n) is 4.01. The molecule has 0 aromatic carbocycles. The lowest BCUT2D eigenvalue weighted by atomic mass is 10.3. The normalized spacial score (nSPS) is 10.5. The van der Waals surface area contributed by atoms with Crippen LogP contribution in [0.5, 0.6) is 0 Å². The molecule has 0 aliphatic rings. The Kier molecular flexibility index (Phi) is 2.95. The number of aromatic nitrogens is 4. The van der Waals surface area contributed by atoms with E-state index >= 15 is 0 Å². The van der Waals surface area contributed by atoms with Gasteiger partial charge < -0.3 is 4.90 Å². The Hall–Kier alpha value is -2.11. The molecule has 6 heteroatoms. The molecule has 2 heterocycles.